The number of aliphatic hydroxyl groups excluding tert-OH is 1. The molecule has 1 aromatic heterocycles. The monoisotopic (exact) mass is 210 g/mol. The second-order valence-electron chi connectivity index (χ2n) is 4.32. The van der Waals surface area contributed by atoms with Crippen LogP contribution in [0.3, 0.4) is 0 Å². The summed E-state index contributed by atoms with van der Waals surface area (Å²) in [5.74, 6) is 1.73. The van der Waals surface area contributed by atoms with Crippen LogP contribution in [0.4, 0.5) is 0 Å². The third-order valence-electron chi connectivity index (χ3n) is 3.60. The van der Waals surface area contributed by atoms with E-state index in [1.807, 2.05) is 0 Å². The standard InChI is InChI=1S/C11H14O2S/c1-6-7(2-3-14-6)11(12)10-8-4-13-5-9(8)10/h2-3,8-12H,4-5H2,1H3. The molecule has 0 bridgehead atoms. The molecular weight excluding hydrogens is 196 g/mol. The average Bonchev–Trinajstić information content (AvgIpc) is 2.57. The lowest BCUT2D eigenvalue weighted by Crippen LogP contribution is -2.08. The van der Waals surface area contributed by atoms with Gasteiger partial charge >= 0.3 is 0 Å². The van der Waals surface area contributed by atoms with Gasteiger partial charge in [-0.3, -0.25) is 0 Å². The summed E-state index contributed by atoms with van der Waals surface area (Å²) in [5, 5.41) is 12.2. The molecular formula is C11H14O2S. The van der Waals surface area contributed by atoms with Gasteiger partial charge in [0.1, 0.15) is 0 Å². The van der Waals surface area contributed by atoms with E-state index >= 15 is 0 Å². The summed E-state index contributed by atoms with van der Waals surface area (Å²) in [5.41, 5.74) is 1.13. The van der Waals surface area contributed by atoms with Crippen LogP contribution in [0.25, 0.3) is 0 Å². The third-order valence-corrected chi connectivity index (χ3v) is 4.46. The SMILES string of the molecule is Cc1sccc1C(O)C1C2COCC21. The van der Waals surface area contributed by atoms with Crippen molar-refractivity contribution in [1.29, 1.82) is 0 Å². The third kappa shape index (κ3) is 1.16. The van der Waals surface area contributed by atoms with Gasteiger partial charge in [0.15, 0.2) is 0 Å². The average molecular weight is 210 g/mol. The maximum absolute atomic E-state index is 10.2. The van der Waals surface area contributed by atoms with Gasteiger partial charge in [0, 0.05) is 4.88 Å². The van der Waals surface area contributed by atoms with Crippen LogP contribution in [0, 0.1) is 24.7 Å². The van der Waals surface area contributed by atoms with E-state index in [0.29, 0.717) is 17.8 Å². The first-order chi connectivity index (χ1) is 6.79. The number of ether oxygens (including phenoxy) is 1. The van der Waals surface area contributed by atoms with E-state index in [0.717, 1.165) is 18.8 Å². The molecule has 3 unspecified atom stereocenters. The summed E-state index contributed by atoms with van der Waals surface area (Å²) in [6.07, 6.45) is -0.250. The number of thiophene rings is 1. The minimum atomic E-state index is -0.250. The summed E-state index contributed by atoms with van der Waals surface area (Å²) in [4.78, 5) is 1.25. The van der Waals surface area contributed by atoms with E-state index in [4.69, 9.17) is 4.74 Å². The molecule has 1 aliphatic heterocycles. The Hall–Kier alpha value is -0.380. The van der Waals surface area contributed by atoms with Crippen LogP contribution in [0.2, 0.25) is 0 Å². The minimum Gasteiger partial charge on any atom is -0.388 e. The van der Waals surface area contributed by atoms with Crippen LogP contribution in [0.1, 0.15) is 16.5 Å². The van der Waals surface area contributed by atoms with Gasteiger partial charge in [-0.05, 0) is 41.7 Å². The van der Waals surface area contributed by atoms with Gasteiger partial charge < -0.3 is 9.84 Å². The molecule has 1 aliphatic carbocycles. The summed E-state index contributed by atoms with van der Waals surface area (Å²) < 4.78 is 5.33. The first-order valence-corrected chi connectivity index (χ1v) is 5.97. The zero-order valence-electron chi connectivity index (χ0n) is 8.14. The summed E-state index contributed by atoms with van der Waals surface area (Å²) in [7, 11) is 0. The van der Waals surface area contributed by atoms with Crippen LogP contribution in [0.5, 0.6) is 0 Å². The van der Waals surface area contributed by atoms with E-state index < -0.39 is 0 Å². The first-order valence-electron chi connectivity index (χ1n) is 5.09. The number of rotatable bonds is 2. The Balaban J connectivity index is 1.78. The van der Waals surface area contributed by atoms with Crippen molar-refractivity contribution in [2.24, 2.45) is 17.8 Å². The van der Waals surface area contributed by atoms with Gasteiger partial charge in [-0.1, -0.05) is 0 Å². The van der Waals surface area contributed by atoms with Crippen molar-refractivity contribution < 1.29 is 9.84 Å². The Morgan fingerprint density at radius 1 is 1.50 bits per heavy atom. The van der Waals surface area contributed by atoms with Crippen molar-refractivity contribution >= 4 is 11.3 Å². The number of aliphatic hydroxyl groups is 1. The van der Waals surface area contributed by atoms with Crippen LogP contribution in [-0.2, 0) is 4.74 Å². The summed E-state index contributed by atoms with van der Waals surface area (Å²) >= 11 is 1.71. The number of hydrogen-bond acceptors (Lipinski definition) is 3. The molecule has 0 aromatic carbocycles. The van der Waals surface area contributed by atoms with Gasteiger partial charge in [0.2, 0.25) is 0 Å². The number of fused-ring (bicyclic) bond motifs is 1. The van der Waals surface area contributed by atoms with Crippen molar-refractivity contribution in [3.8, 4) is 0 Å². The van der Waals surface area contributed by atoms with E-state index in [1.54, 1.807) is 11.3 Å². The fourth-order valence-electron chi connectivity index (χ4n) is 2.66. The Bertz CT molecular complexity index is 337. The van der Waals surface area contributed by atoms with E-state index in [9.17, 15) is 5.11 Å². The molecule has 3 rings (SSSR count). The predicted octanol–water partition coefficient (Wildman–Crippen LogP) is 1.98. The van der Waals surface area contributed by atoms with E-state index in [1.165, 1.54) is 4.88 Å². The Morgan fingerprint density at radius 3 is 2.79 bits per heavy atom. The van der Waals surface area contributed by atoms with E-state index in [2.05, 4.69) is 18.4 Å². The smallest absolute Gasteiger partial charge is 0.0836 e. The molecule has 76 valence electrons. The maximum atomic E-state index is 10.2. The second kappa shape index (κ2) is 3.05. The molecule has 0 radical (unpaired) electrons. The van der Waals surface area contributed by atoms with Crippen molar-refractivity contribution in [3.05, 3.63) is 21.9 Å². The molecule has 0 spiro atoms. The molecule has 0 amide bonds. The van der Waals surface area contributed by atoms with Crippen LogP contribution < -0.4 is 0 Å². The zero-order valence-corrected chi connectivity index (χ0v) is 8.96. The normalized spacial score (nSPS) is 36.9. The fraction of sp³-hybridized carbons (Fsp3) is 0.636. The number of aryl methyl sites for hydroxylation is 1. The zero-order chi connectivity index (χ0) is 9.71. The van der Waals surface area contributed by atoms with Gasteiger partial charge in [-0.2, -0.15) is 0 Å². The van der Waals surface area contributed by atoms with Crippen LogP contribution in [-0.4, -0.2) is 18.3 Å². The molecule has 14 heavy (non-hydrogen) atoms. The molecule has 3 heteroatoms. The lowest BCUT2D eigenvalue weighted by molar-refractivity contribution is 0.0886. The Morgan fingerprint density at radius 2 is 2.21 bits per heavy atom. The molecule has 2 nitrogen and oxygen atoms in total. The fourth-order valence-corrected chi connectivity index (χ4v) is 3.41. The Labute approximate surface area is 87.5 Å². The van der Waals surface area contributed by atoms with Gasteiger partial charge in [0.25, 0.3) is 0 Å². The molecule has 2 fully saturated rings. The molecule has 3 atom stereocenters. The highest BCUT2D eigenvalue weighted by Gasteiger charge is 2.57. The van der Waals surface area contributed by atoms with Gasteiger partial charge in [0.05, 0.1) is 19.3 Å². The van der Waals surface area contributed by atoms with Crippen LogP contribution in [0.15, 0.2) is 11.4 Å². The number of hydrogen-bond donors (Lipinski definition) is 1. The topological polar surface area (TPSA) is 29.5 Å². The van der Waals surface area contributed by atoms with Crippen molar-refractivity contribution in [1.82, 2.24) is 0 Å². The highest BCUT2D eigenvalue weighted by atomic mass is 32.1. The van der Waals surface area contributed by atoms with E-state index in [-0.39, 0.29) is 6.10 Å². The molecule has 1 N–H and O–H groups in total. The molecule has 1 saturated carbocycles. The van der Waals surface area contributed by atoms with Crippen molar-refractivity contribution in [2.45, 2.75) is 13.0 Å². The largest absolute Gasteiger partial charge is 0.388 e. The van der Waals surface area contributed by atoms with Crippen molar-refractivity contribution in [2.75, 3.05) is 13.2 Å². The highest BCUT2D eigenvalue weighted by Crippen LogP contribution is 2.57. The Kier molecular flexibility index (Phi) is 1.94. The highest BCUT2D eigenvalue weighted by molar-refractivity contribution is 7.10. The lowest BCUT2D eigenvalue weighted by Gasteiger charge is -2.12. The minimum absolute atomic E-state index is 0.250. The first kappa shape index (κ1) is 8.89. The van der Waals surface area contributed by atoms with Crippen molar-refractivity contribution in [3.63, 3.8) is 0 Å². The quantitative estimate of drug-likeness (QED) is 0.809. The van der Waals surface area contributed by atoms with Gasteiger partial charge in [-0.25, -0.2) is 0 Å². The molecule has 2 aliphatic rings. The molecule has 1 saturated heterocycles. The maximum Gasteiger partial charge on any atom is 0.0836 e. The predicted molar refractivity (Wildman–Crippen MR) is 55.3 cm³/mol. The molecule has 1 aromatic rings. The second-order valence-corrected chi connectivity index (χ2v) is 5.44. The lowest BCUT2D eigenvalue weighted by atomic mass is 10.0. The molecule has 2 heterocycles. The summed E-state index contributed by atoms with van der Waals surface area (Å²) in [6, 6.07) is 2.06. The summed E-state index contributed by atoms with van der Waals surface area (Å²) in [6.45, 7) is 3.79. The van der Waals surface area contributed by atoms with Crippen LogP contribution >= 0.6 is 11.3 Å². The van der Waals surface area contributed by atoms with Gasteiger partial charge in [-0.15, -0.1) is 11.3 Å².